The molecule has 0 fully saturated rings. The maximum Gasteiger partial charge on any atom is 0.270 e. The number of hydrazine groups is 1. The summed E-state index contributed by atoms with van der Waals surface area (Å²) in [7, 11) is 0. The number of carbonyl (C=O) groups excluding carboxylic acids is 1. The van der Waals surface area contributed by atoms with Crippen LogP contribution in [0.3, 0.4) is 0 Å². The zero-order chi connectivity index (χ0) is 13.0. The molecule has 0 atom stereocenters. The standard InChI is InChI=1S/C11H13N5OS/c1-7-14-8(6-18-7)5-13-11(17)9-3-2-4-10(15-9)16-12/h2-4,6H,5,12H2,1H3,(H,13,17)(H,15,16). The number of amides is 1. The largest absolute Gasteiger partial charge is 0.345 e. The average Bonchev–Trinajstić information content (AvgIpc) is 2.82. The third-order valence-electron chi connectivity index (χ3n) is 2.23. The third-order valence-corrected chi connectivity index (χ3v) is 3.05. The molecule has 2 aromatic heterocycles. The van der Waals surface area contributed by atoms with E-state index < -0.39 is 0 Å². The van der Waals surface area contributed by atoms with Crippen molar-refractivity contribution >= 4 is 23.1 Å². The van der Waals surface area contributed by atoms with Crippen LogP contribution in [0.15, 0.2) is 23.6 Å². The van der Waals surface area contributed by atoms with Crippen LogP contribution < -0.4 is 16.6 Å². The Labute approximate surface area is 108 Å². The summed E-state index contributed by atoms with van der Waals surface area (Å²) in [5.74, 6) is 5.43. The summed E-state index contributed by atoms with van der Waals surface area (Å²) in [5, 5.41) is 5.65. The fourth-order valence-electron chi connectivity index (χ4n) is 1.39. The lowest BCUT2D eigenvalue weighted by atomic mass is 10.3. The first kappa shape index (κ1) is 12.5. The monoisotopic (exact) mass is 263 g/mol. The summed E-state index contributed by atoms with van der Waals surface area (Å²) < 4.78 is 0. The molecule has 0 bridgehead atoms. The summed E-state index contributed by atoms with van der Waals surface area (Å²) >= 11 is 1.55. The lowest BCUT2D eigenvalue weighted by Crippen LogP contribution is -2.24. The van der Waals surface area contributed by atoms with E-state index in [0.29, 0.717) is 18.1 Å². The molecule has 0 radical (unpaired) electrons. The summed E-state index contributed by atoms with van der Waals surface area (Å²) in [6.45, 7) is 2.32. The van der Waals surface area contributed by atoms with Crippen LogP contribution in [0.1, 0.15) is 21.2 Å². The highest BCUT2D eigenvalue weighted by molar-refractivity contribution is 7.09. The highest BCUT2D eigenvalue weighted by atomic mass is 32.1. The van der Waals surface area contributed by atoms with Crippen molar-refractivity contribution in [1.82, 2.24) is 15.3 Å². The second kappa shape index (κ2) is 5.56. The number of hydrogen-bond donors (Lipinski definition) is 3. The first-order valence-electron chi connectivity index (χ1n) is 5.32. The van der Waals surface area contributed by atoms with E-state index >= 15 is 0 Å². The number of nitrogens with two attached hydrogens (primary N) is 1. The van der Waals surface area contributed by atoms with Crippen LogP contribution in [0.5, 0.6) is 0 Å². The minimum absolute atomic E-state index is 0.252. The molecule has 2 heterocycles. The predicted octanol–water partition coefficient (Wildman–Crippen LogP) is 1.06. The van der Waals surface area contributed by atoms with Crippen LogP contribution in [0.4, 0.5) is 5.82 Å². The van der Waals surface area contributed by atoms with Crippen molar-refractivity contribution in [3.05, 3.63) is 40.0 Å². The van der Waals surface area contributed by atoms with Crippen molar-refractivity contribution < 1.29 is 4.79 Å². The molecule has 0 aliphatic heterocycles. The van der Waals surface area contributed by atoms with Gasteiger partial charge in [0.1, 0.15) is 11.5 Å². The second-order valence-electron chi connectivity index (χ2n) is 3.59. The van der Waals surface area contributed by atoms with Crippen molar-refractivity contribution in [3.63, 3.8) is 0 Å². The van der Waals surface area contributed by atoms with Crippen molar-refractivity contribution in [2.75, 3.05) is 5.43 Å². The number of nitrogen functional groups attached to an aromatic ring is 1. The number of aryl methyl sites for hydroxylation is 1. The predicted molar refractivity (Wildman–Crippen MR) is 70.1 cm³/mol. The van der Waals surface area contributed by atoms with Gasteiger partial charge in [0, 0.05) is 5.38 Å². The third kappa shape index (κ3) is 3.02. The zero-order valence-corrected chi connectivity index (χ0v) is 10.6. The minimum Gasteiger partial charge on any atom is -0.345 e. The van der Waals surface area contributed by atoms with Crippen LogP contribution in [-0.4, -0.2) is 15.9 Å². The molecule has 2 rings (SSSR count). The van der Waals surface area contributed by atoms with Gasteiger partial charge in [0.05, 0.1) is 17.2 Å². The highest BCUT2D eigenvalue weighted by Gasteiger charge is 2.08. The maximum absolute atomic E-state index is 11.8. The van der Waals surface area contributed by atoms with E-state index in [9.17, 15) is 4.79 Å². The molecule has 1 amide bonds. The van der Waals surface area contributed by atoms with Crippen molar-refractivity contribution in [2.45, 2.75) is 13.5 Å². The second-order valence-corrected chi connectivity index (χ2v) is 4.66. The molecule has 0 aliphatic rings. The van der Waals surface area contributed by atoms with Gasteiger partial charge in [-0.05, 0) is 19.1 Å². The lowest BCUT2D eigenvalue weighted by Gasteiger charge is -2.04. The Morgan fingerprint density at radius 2 is 2.28 bits per heavy atom. The lowest BCUT2D eigenvalue weighted by molar-refractivity contribution is 0.0945. The number of rotatable bonds is 4. The molecule has 0 spiro atoms. The molecule has 0 aromatic carbocycles. The SMILES string of the molecule is Cc1nc(CNC(=O)c2cccc(NN)n2)cs1. The van der Waals surface area contributed by atoms with E-state index in [4.69, 9.17) is 5.84 Å². The van der Waals surface area contributed by atoms with Crippen molar-refractivity contribution in [2.24, 2.45) is 5.84 Å². The molecule has 94 valence electrons. The van der Waals surface area contributed by atoms with Gasteiger partial charge in [-0.25, -0.2) is 15.8 Å². The maximum atomic E-state index is 11.8. The molecule has 0 saturated heterocycles. The number of hydrogen-bond acceptors (Lipinski definition) is 6. The number of nitrogens with one attached hydrogen (secondary N) is 2. The van der Waals surface area contributed by atoms with E-state index in [1.165, 1.54) is 0 Å². The van der Waals surface area contributed by atoms with Crippen LogP contribution in [0.25, 0.3) is 0 Å². The number of thiazole rings is 1. The molecule has 0 unspecified atom stereocenters. The smallest absolute Gasteiger partial charge is 0.270 e. The molecular formula is C11H13N5OS. The molecule has 2 aromatic rings. The Hall–Kier alpha value is -1.99. The number of carbonyl (C=O) groups is 1. The highest BCUT2D eigenvalue weighted by Crippen LogP contribution is 2.08. The molecule has 7 heteroatoms. The van der Waals surface area contributed by atoms with E-state index in [0.717, 1.165) is 10.7 Å². The van der Waals surface area contributed by atoms with E-state index in [2.05, 4.69) is 20.7 Å². The summed E-state index contributed by atoms with van der Waals surface area (Å²) in [6, 6.07) is 5.02. The number of pyridine rings is 1. The number of nitrogens with zero attached hydrogens (tertiary/aromatic N) is 2. The van der Waals surface area contributed by atoms with E-state index in [-0.39, 0.29) is 5.91 Å². The van der Waals surface area contributed by atoms with Crippen molar-refractivity contribution in [1.29, 1.82) is 0 Å². The fourth-order valence-corrected chi connectivity index (χ4v) is 2.00. The van der Waals surface area contributed by atoms with Gasteiger partial charge in [0.25, 0.3) is 5.91 Å². The Bertz CT molecular complexity index is 554. The van der Waals surface area contributed by atoms with Crippen LogP contribution >= 0.6 is 11.3 Å². The average molecular weight is 263 g/mol. The van der Waals surface area contributed by atoms with Crippen LogP contribution in [0.2, 0.25) is 0 Å². The Balaban J connectivity index is 1.99. The Morgan fingerprint density at radius 1 is 1.44 bits per heavy atom. The Morgan fingerprint density at radius 3 is 2.94 bits per heavy atom. The van der Waals surface area contributed by atoms with Crippen molar-refractivity contribution in [3.8, 4) is 0 Å². The number of aromatic nitrogens is 2. The first-order chi connectivity index (χ1) is 8.69. The van der Waals surface area contributed by atoms with Gasteiger partial charge in [-0.3, -0.25) is 4.79 Å². The normalized spacial score (nSPS) is 10.1. The van der Waals surface area contributed by atoms with Gasteiger partial charge >= 0.3 is 0 Å². The quantitative estimate of drug-likeness (QED) is 0.566. The first-order valence-corrected chi connectivity index (χ1v) is 6.20. The van der Waals surface area contributed by atoms with Crippen LogP contribution in [0, 0.1) is 6.92 Å². The van der Waals surface area contributed by atoms with Gasteiger partial charge in [-0.1, -0.05) is 6.07 Å². The van der Waals surface area contributed by atoms with Gasteiger partial charge in [-0.15, -0.1) is 11.3 Å². The molecular weight excluding hydrogens is 250 g/mol. The van der Waals surface area contributed by atoms with Gasteiger partial charge in [-0.2, -0.15) is 0 Å². The summed E-state index contributed by atoms with van der Waals surface area (Å²) in [5.41, 5.74) is 3.56. The van der Waals surface area contributed by atoms with Crippen LogP contribution in [-0.2, 0) is 6.54 Å². The summed E-state index contributed by atoms with van der Waals surface area (Å²) in [4.78, 5) is 20.1. The van der Waals surface area contributed by atoms with Gasteiger partial charge < -0.3 is 10.7 Å². The molecule has 0 aliphatic carbocycles. The minimum atomic E-state index is -0.252. The Kier molecular flexibility index (Phi) is 3.85. The van der Waals surface area contributed by atoms with Gasteiger partial charge in [0.15, 0.2) is 0 Å². The molecule has 18 heavy (non-hydrogen) atoms. The number of anilines is 1. The molecule has 6 nitrogen and oxygen atoms in total. The van der Waals surface area contributed by atoms with E-state index in [1.54, 1.807) is 29.5 Å². The topological polar surface area (TPSA) is 92.9 Å². The fraction of sp³-hybridized carbons (Fsp3) is 0.182. The summed E-state index contributed by atoms with van der Waals surface area (Å²) in [6.07, 6.45) is 0. The van der Waals surface area contributed by atoms with E-state index in [1.807, 2.05) is 12.3 Å². The molecule has 4 N–H and O–H groups in total. The molecule has 0 saturated carbocycles. The van der Waals surface area contributed by atoms with Gasteiger partial charge in [0.2, 0.25) is 0 Å². The zero-order valence-electron chi connectivity index (χ0n) is 9.80.